The van der Waals surface area contributed by atoms with Crippen molar-refractivity contribution in [2.45, 2.75) is 43.6 Å². The van der Waals surface area contributed by atoms with Crippen LogP contribution in [0.2, 0.25) is 0 Å². The Labute approximate surface area is 172 Å². The van der Waals surface area contributed by atoms with E-state index in [1.807, 2.05) is 0 Å². The molecule has 2 fully saturated rings. The molecule has 0 aromatic carbocycles. The largest absolute Gasteiger partial charge is 0.486 e. The molecule has 0 N–H and O–H groups in total. The van der Waals surface area contributed by atoms with Gasteiger partial charge in [-0.2, -0.15) is 19.7 Å². The van der Waals surface area contributed by atoms with Crippen LogP contribution in [0.3, 0.4) is 0 Å². The van der Waals surface area contributed by atoms with Gasteiger partial charge in [0.1, 0.15) is 24.4 Å². The molecule has 0 bridgehead atoms. The van der Waals surface area contributed by atoms with E-state index in [1.165, 1.54) is 11.0 Å². The Bertz CT molecular complexity index is 1090. The van der Waals surface area contributed by atoms with Crippen LogP contribution in [-0.4, -0.2) is 71.2 Å². The highest BCUT2D eigenvalue weighted by molar-refractivity contribution is 7.90. The fourth-order valence-electron chi connectivity index (χ4n) is 3.47. The van der Waals surface area contributed by atoms with Gasteiger partial charge in [-0.15, -0.1) is 5.10 Å². The number of aromatic nitrogens is 8. The van der Waals surface area contributed by atoms with Gasteiger partial charge in [-0.05, 0) is 48.2 Å². The van der Waals surface area contributed by atoms with Gasteiger partial charge in [0.15, 0.2) is 5.82 Å². The number of hydrogen-bond donors (Lipinski definition) is 0. The molecule has 1 aliphatic heterocycles. The fraction of sp³-hybridized carbons (Fsp3) is 0.529. The highest BCUT2D eigenvalue weighted by Crippen LogP contribution is 2.33. The molecule has 30 heavy (non-hydrogen) atoms. The monoisotopic (exact) mass is 431 g/mol. The van der Waals surface area contributed by atoms with E-state index >= 15 is 0 Å². The minimum Gasteiger partial charge on any atom is -0.486 e. The van der Waals surface area contributed by atoms with Gasteiger partial charge in [0, 0.05) is 13.1 Å². The molecule has 0 radical (unpaired) electrons. The van der Waals surface area contributed by atoms with Gasteiger partial charge in [-0.25, -0.2) is 17.7 Å². The Morgan fingerprint density at radius 3 is 2.60 bits per heavy atom. The van der Waals surface area contributed by atoms with E-state index in [0.29, 0.717) is 43.2 Å². The number of sulfonamides is 1. The van der Waals surface area contributed by atoms with E-state index in [2.05, 4.69) is 30.7 Å². The molecule has 0 spiro atoms. The van der Waals surface area contributed by atoms with Gasteiger partial charge in [0.2, 0.25) is 10.0 Å². The number of tetrazole rings is 1. The van der Waals surface area contributed by atoms with Crippen molar-refractivity contribution in [3.05, 3.63) is 36.5 Å². The predicted molar refractivity (Wildman–Crippen MR) is 103 cm³/mol. The first kappa shape index (κ1) is 19.1. The molecule has 13 heteroatoms. The van der Waals surface area contributed by atoms with Gasteiger partial charge < -0.3 is 4.74 Å². The van der Waals surface area contributed by atoms with Crippen molar-refractivity contribution in [2.24, 2.45) is 0 Å². The topological polar surface area (TPSA) is 134 Å². The summed E-state index contributed by atoms with van der Waals surface area (Å²) < 4.78 is 33.5. The molecule has 0 amide bonds. The number of nitrogens with zero attached hydrogens (tertiary/aromatic N) is 9. The lowest BCUT2D eigenvalue weighted by Gasteiger charge is -2.30. The number of ether oxygens (including phenoxy) is 1. The molecule has 2 aliphatic rings. The SMILES string of the molecule is O=S(=O)(C1CC1)N1CCC(n2ncc(COc3ccc(-n4cnnn4)nc3)n2)CC1. The smallest absolute Gasteiger partial charge is 0.216 e. The number of rotatable bonds is 7. The van der Waals surface area contributed by atoms with E-state index in [4.69, 9.17) is 4.74 Å². The summed E-state index contributed by atoms with van der Waals surface area (Å²) in [5, 5.41) is 19.6. The highest BCUT2D eigenvalue weighted by atomic mass is 32.2. The second-order valence-corrected chi connectivity index (χ2v) is 9.64. The summed E-state index contributed by atoms with van der Waals surface area (Å²) >= 11 is 0. The van der Waals surface area contributed by atoms with Crippen LogP contribution >= 0.6 is 0 Å². The molecule has 12 nitrogen and oxygen atoms in total. The van der Waals surface area contributed by atoms with Crippen molar-refractivity contribution < 1.29 is 13.2 Å². The maximum absolute atomic E-state index is 12.4. The number of hydrogen-bond acceptors (Lipinski definition) is 9. The maximum atomic E-state index is 12.4. The first-order valence-corrected chi connectivity index (χ1v) is 11.3. The third-order valence-electron chi connectivity index (χ3n) is 5.30. The molecule has 0 unspecified atom stereocenters. The van der Waals surface area contributed by atoms with E-state index < -0.39 is 10.0 Å². The van der Waals surface area contributed by atoms with Crippen molar-refractivity contribution in [1.82, 2.24) is 44.5 Å². The molecule has 1 saturated carbocycles. The summed E-state index contributed by atoms with van der Waals surface area (Å²) in [4.78, 5) is 5.94. The van der Waals surface area contributed by atoms with E-state index in [1.54, 1.807) is 33.6 Å². The van der Waals surface area contributed by atoms with Crippen molar-refractivity contribution in [1.29, 1.82) is 0 Å². The first-order chi connectivity index (χ1) is 14.6. The van der Waals surface area contributed by atoms with E-state index in [0.717, 1.165) is 12.8 Å². The normalized spacial score (nSPS) is 18.5. The Hall–Kier alpha value is -2.93. The molecule has 1 aliphatic carbocycles. The van der Waals surface area contributed by atoms with Gasteiger partial charge in [-0.3, -0.25) is 0 Å². The van der Waals surface area contributed by atoms with E-state index in [9.17, 15) is 8.42 Å². The lowest BCUT2D eigenvalue weighted by molar-refractivity contribution is 0.241. The first-order valence-electron chi connectivity index (χ1n) is 9.81. The number of pyridine rings is 1. The maximum Gasteiger partial charge on any atom is 0.216 e. The van der Waals surface area contributed by atoms with Crippen molar-refractivity contribution in [3.8, 4) is 11.6 Å². The molecular weight excluding hydrogens is 410 g/mol. The molecule has 3 aromatic heterocycles. The second kappa shape index (κ2) is 7.72. The molecule has 3 aromatic rings. The average Bonchev–Trinajstić information content (AvgIpc) is 3.31. The third-order valence-corrected chi connectivity index (χ3v) is 7.70. The molecule has 5 rings (SSSR count). The van der Waals surface area contributed by atoms with Crippen LogP contribution in [-0.2, 0) is 16.6 Å². The van der Waals surface area contributed by atoms with E-state index in [-0.39, 0.29) is 17.9 Å². The van der Waals surface area contributed by atoms with Gasteiger partial charge in [-0.1, -0.05) is 0 Å². The average molecular weight is 431 g/mol. The summed E-state index contributed by atoms with van der Waals surface area (Å²) in [5.41, 5.74) is 0.701. The molecular formula is C17H21N9O3S. The molecule has 158 valence electrons. The van der Waals surface area contributed by atoms with Crippen molar-refractivity contribution in [2.75, 3.05) is 13.1 Å². The van der Waals surface area contributed by atoms with Gasteiger partial charge in [0.05, 0.1) is 23.7 Å². The van der Waals surface area contributed by atoms with Crippen LogP contribution in [0, 0.1) is 0 Å². The highest BCUT2D eigenvalue weighted by Gasteiger charge is 2.41. The van der Waals surface area contributed by atoms with Crippen LogP contribution in [0.4, 0.5) is 0 Å². The Kier molecular flexibility index (Phi) is 4.90. The molecule has 4 heterocycles. The van der Waals surface area contributed by atoms with Gasteiger partial charge >= 0.3 is 0 Å². The van der Waals surface area contributed by atoms with Crippen LogP contribution in [0.5, 0.6) is 5.75 Å². The third kappa shape index (κ3) is 3.89. The van der Waals surface area contributed by atoms with Crippen LogP contribution in [0.25, 0.3) is 5.82 Å². The van der Waals surface area contributed by atoms with Crippen molar-refractivity contribution in [3.63, 3.8) is 0 Å². The Balaban J connectivity index is 1.14. The van der Waals surface area contributed by atoms with Crippen LogP contribution < -0.4 is 4.74 Å². The summed E-state index contributed by atoms with van der Waals surface area (Å²) in [6.07, 6.45) is 7.75. The fourth-order valence-corrected chi connectivity index (χ4v) is 5.35. The zero-order chi connectivity index (χ0) is 20.6. The standard InChI is InChI=1S/C17H21N9O3S/c27-30(28,16-2-3-16)24-7-5-14(6-8-24)26-20-9-13(21-26)11-29-15-1-4-17(18-10-15)25-12-19-22-23-25/h1,4,9-10,12,14,16H,2-3,5-8,11H2. The zero-order valence-corrected chi connectivity index (χ0v) is 17.0. The quantitative estimate of drug-likeness (QED) is 0.519. The summed E-state index contributed by atoms with van der Waals surface area (Å²) in [7, 11) is -3.10. The summed E-state index contributed by atoms with van der Waals surface area (Å²) in [6.45, 7) is 1.31. The Morgan fingerprint density at radius 1 is 1.10 bits per heavy atom. The lowest BCUT2D eigenvalue weighted by Crippen LogP contribution is -2.41. The minimum atomic E-state index is -3.10. The molecule has 0 atom stereocenters. The Morgan fingerprint density at radius 2 is 1.93 bits per heavy atom. The molecule has 1 saturated heterocycles. The number of piperidine rings is 1. The summed E-state index contributed by atoms with van der Waals surface area (Å²) in [5.74, 6) is 1.19. The van der Waals surface area contributed by atoms with Crippen LogP contribution in [0.1, 0.15) is 37.4 Å². The van der Waals surface area contributed by atoms with Crippen LogP contribution in [0.15, 0.2) is 30.9 Å². The summed E-state index contributed by atoms with van der Waals surface area (Å²) in [6, 6.07) is 3.64. The van der Waals surface area contributed by atoms with Crippen molar-refractivity contribution >= 4 is 10.0 Å². The second-order valence-electron chi connectivity index (χ2n) is 7.43. The van der Waals surface area contributed by atoms with Gasteiger partial charge in [0.25, 0.3) is 0 Å². The zero-order valence-electron chi connectivity index (χ0n) is 16.1. The minimum absolute atomic E-state index is 0.0987. The predicted octanol–water partition coefficient (Wildman–Crippen LogP) is 0.357. The lowest BCUT2D eigenvalue weighted by atomic mass is 10.1.